The molecule has 0 fully saturated rings. The van der Waals surface area contributed by atoms with Crippen LogP contribution in [0.4, 0.5) is 10.6 Å². The molecule has 1 unspecified atom stereocenters. The standard InChI is InChI=1S/C14H16Cl2N4O2/c1-9(8-21)19(2)14(22)17-13-5-6-20(18-13)12-4-3-10(15)7-11(12)16/h3-7,9,21H,8H2,1-2H3,(H,17,18,22). The van der Waals surface area contributed by atoms with Crippen LogP contribution in [-0.2, 0) is 0 Å². The zero-order chi connectivity index (χ0) is 16.3. The third-order valence-electron chi connectivity index (χ3n) is 3.23. The maximum absolute atomic E-state index is 12.0. The largest absolute Gasteiger partial charge is 0.394 e. The molecule has 0 aliphatic heterocycles. The molecule has 2 N–H and O–H groups in total. The summed E-state index contributed by atoms with van der Waals surface area (Å²) in [5, 5.41) is 17.0. The number of anilines is 1. The van der Waals surface area contributed by atoms with E-state index in [1.807, 2.05) is 0 Å². The fraction of sp³-hybridized carbons (Fsp3) is 0.286. The second-order valence-electron chi connectivity index (χ2n) is 4.81. The van der Waals surface area contributed by atoms with Crippen molar-refractivity contribution in [1.29, 1.82) is 0 Å². The van der Waals surface area contributed by atoms with Gasteiger partial charge in [-0.2, -0.15) is 0 Å². The minimum Gasteiger partial charge on any atom is -0.394 e. The zero-order valence-electron chi connectivity index (χ0n) is 12.1. The highest BCUT2D eigenvalue weighted by Gasteiger charge is 2.16. The molecule has 22 heavy (non-hydrogen) atoms. The highest BCUT2D eigenvalue weighted by atomic mass is 35.5. The van der Waals surface area contributed by atoms with Crippen LogP contribution in [0.3, 0.4) is 0 Å². The van der Waals surface area contributed by atoms with Crippen molar-refractivity contribution in [3.8, 4) is 5.69 Å². The Morgan fingerprint density at radius 1 is 1.45 bits per heavy atom. The van der Waals surface area contributed by atoms with Gasteiger partial charge in [0.1, 0.15) is 0 Å². The molecular formula is C14H16Cl2N4O2. The number of hydrogen-bond donors (Lipinski definition) is 2. The molecular weight excluding hydrogens is 327 g/mol. The second-order valence-corrected chi connectivity index (χ2v) is 5.66. The number of carbonyl (C=O) groups is 1. The Kier molecular flexibility index (Phi) is 5.28. The van der Waals surface area contributed by atoms with Gasteiger partial charge in [0, 0.05) is 24.3 Å². The predicted molar refractivity (Wildman–Crippen MR) is 86.9 cm³/mol. The first kappa shape index (κ1) is 16.6. The van der Waals surface area contributed by atoms with Crippen LogP contribution >= 0.6 is 23.2 Å². The number of benzene rings is 1. The number of likely N-dealkylation sites (N-methyl/N-ethyl adjacent to an activating group) is 1. The van der Waals surface area contributed by atoms with Crippen LogP contribution in [-0.4, -0.2) is 45.5 Å². The van der Waals surface area contributed by atoms with E-state index in [-0.39, 0.29) is 18.7 Å². The number of amides is 2. The minimum atomic E-state index is -0.353. The molecule has 118 valence electrons. The molecule has 1 aromatic heterocycles. The van der Waals surface area contributed by atoms with Crippen LogP contribution in [0.5, 0.6) is 0 Å². The summed E-state index contributed by atoms with van der Waals surface area (Å²) in [4.78, 5) is 13.4. The number of aromatic nitrogens is 2. The number of nitrogens with one attached hydrogen (secondary N) is 1. The van der Waals surface area contributed by atoms with Crippen LogP contribution in [0.15, 0.2) is 30.5 Å². The third kappa shape index (κ3) is 3.71. The summed E-state index contributed by atoms with van der Waals surface area (Å²) in [5.41, 5.74) is 0.656. The number of hydrogen-bond acceptors (Lipinski definition) is 3. The summed E-state index contributed by atoms with van der Waals surface area (Å²) in [7, 11) is 1.60. The highest BCUT2D eigenvalue weighted by molar-refractivity contribution is 6.35. The molecule has 2 aromatic rings. The van der Waals surface area contributed by atoms with E-state index in [0.29, 0.717) is 21.6 Å². The first-order valence-corrected chi connectivity index (χ1v) is 7.33. The molecule has 0 radical (unpaired) electrons. The van der Waals surface area contributed by atoms with E-state index < -0.39 is 0 Å². The molecule has 1 heterocycles. The van der Waals surface area contributed by atoms with Gasteiger partial charge in [-0.05, 0) is 25.1 Å². The summed E-state index contributed by atoms with van der Waals surface area (Å²) in [5.74, 6) is 0.382. The van der Waals surface area contributed by atoms with Crippen molar-refractivity contribution in [3.63, 3.8) is 0 Å². The average molecular weight is 343 g/mol. The molecule has 6 nitrogen and oxygen atoms in total. The number of aliphatic hydroxyl groups is 1. The fourth-order valence-electron chi connectivity index (χ4n) is 1.71. The molecule has 8 heteroatoms. The zero-order valence-corrected chi connectivity index (χ0v) is 13.6. The first-order chi connectivity index (χ1) is 10.4. The molecule has 0 saturated heterocycles. The van der Waals surface area contributed by atoms with Gasteiger partial charge in [-0.3, -0.25) is 5.32 Å². The van der Waals surface area contributed by atoms with Gasteiger partial charge >= 0.3 is 6.03 Å². The van der Waals surface area contributed by atoms with E-state index in [9.17, 15) is 4.79 Å². The lowest BCUT2D eigenvalue weighted by atomic mass is 10.3. The molecule has 2 amide bonds. The predicted octanol–water partition coefficient (Wildman–Crippen LogP) is 3.02. The number of nitrogens with zero attached hydrogens (tertiary/aromatic N) is 3. The van der Waals surface area contributed by atoms with Gasteiger partial charge in [0.25, 0.3) is 0 Å². The van der Waals surface area contributed by atoms with Crippen molar-refractivity contribution in [2.45, 2.75) is 13.0 Å². The van der Waals surface area contributed by atoms with Gasteiger partial charge in [0.2, 0.25) is 0 Å². The smallest absolute Gasteiger partial charge is 0.323 e. The Bertz CT molecular complexity index is 675. The van der Waals surface area contributed by atoms with Gasteiger partial charge in [-0.25, -0.2) is 9.48 Å². The van der Waals surface area contributed by atoms with Crippen molar-refractivity contribution >= 4 is 35.1 Å². The third-order valence-corrected chi connectivity index (χ3v) is 3.76. The summed E-state index contributed by atoms with van der Waals surface area (Å²) >= 11 is 12.0. The van der Waals surface area contributed by atoms with E-state index >= 15 is 0 Å². The SMILES string of the molecule is CC(CO)N(C)C(=O)Nc1ccn(-c2ccc(Cl)cc2Cl)n1. The van der Waals surface area contributed by atoms with E-state index in [1.165, 1.54) is 4.90 Å². The number of halogens is 2. The van der Waals surface area contributed by atoms with Gasteiger partial charge in [-0.1, -0.05) is 23.2 Å². The molecule has 2 rings (SSSR count). The number of carbonyl (C=O) groups excluding carboxylic acids is 1. The van der Waals surface area contributed by atoms with Crippen LogP contribution in [0.25, 0.3) is 5.69 Å². The number of urea groups is 1. The average Bonchev–Trinajstić information content (AvgIpc) is 2.93. The normalized spacial score (nSPS) is 12.0. The van der Waals surface area contributed by atoms with E-state index in [2.05, 4.69) is 10.4 Å². The number of aliphatic hydroxyl groups excluding tert-OH is 1. The van der Waals surface area contributed by atoms with Crippen LogP contribution in [0.1, 0.15) is 6.92 Å². The van der Waals surface area contributed by atoms with Gasteiger partial charge in [0.05, 0.1) is 23.4 Å². The van der Waals surface area contributed by atoms with Crippen LogP contribution < -0.4 is 5.32 Å². The molecule has 1 aromatic carbocycles. The Morgan fingerprint density at radius 2 is 2.18 bits per heavy atom. The molecule has 0 spiro atoms. The maximum Gasteiger partial charge on any atom is 0.323 e. The lowest BCUT2D eigenvalue weighted by molar-refractivity contribution is 0.166. The number of rotatable bonds is 4. The van der Waals surface area contributed by atoms with Gasteiger partial charge in [-0.15, -0.1) is 5.10 Å². The van der Waals surface area contributed by atoms with E-state index in [4.69, 9.17) is 28.3 Å². The van der Waals surface area contributed by atoms with Crippen molar-refractivity contribution in [3.05, 3.63) is 40.5 Å². The van der Waals surface area contributed by atoms with E-state index in [0.717, 1.165) is 0 Å². The van der Waals surface area contributed by atoms with Crippen molar-refractivity contribution in [2.75, 3.05) is 19.0 Å². The van der Waals surface area contributed by atoms with Crippen LogP contribution in [0, 0.1) is 0 Å². The Labute approximate surface area is 138 Å². The Morgan fingerprint density at radius 3 is 2.82 bits per heavy atom. The van der Waals surface area contributed by atoms with Crippen LogP contribution in [0.2, 0.25) is 10.0 Å². The summed E-state index contributed by atoms with van der Waals surface area (Å²) in [6.07, 6.45) is 1.68. The lowest BCUT2D eigenvalue weighted by Crippen LogP contribution is -2.40. The van der Waals surface area contributed by atoms with Crippen molar-refractivity contribution < 1.29 is 9.90 Å². The molecule has 0 aliphatic rings. The lowest BCUT2D eigenvalue weighted by Gasteiger charge is -2.22. The minimum absolute atomic E-state index is 0.112. The van der Waals surface area contributed by atoms with E-state index in [1.54, 1.807) is 49.1 Å². The molecule has 0 bridgehead atoms. The quantitative estimate of drug-likeness (QED) is 0.897. The van der Waals surface area contributed by atoms with Gasteiger partial charge < -0.3 is 10.0 Å². The molecule has 0 aliphatic carbocycles. The fourth-order valence-corrected chi connectivity index (χ4v) is 2.21. The van der Waals surface area contributed by atoms with Gasteiger partial charge in [0.15, 0.2) is 5.82 Å². The monoisotopic (exact) mass is 342 g/mol. The molecule has 0 saturated carbocycles. The summed E-state index contributed by atoms with van der Waals surface area (Å²) in [6, 6.07) is 6.08. The maximum atomic E-state index is 12.0. The molecule has 1 atom stereocenters. The van der Waals surface area contributed by atoms with Crippen molar-refractivity contribution in [2.24, 2.45) is 0 Å². The van der Waals surface area contributed by atoms with Crippen molar-refractivity contribution in [1.82, 2.24) is 14.7 Å². The second kappa shape index (κ2) is 7.00. The summed E-state index contributed by atoms with van der Waals surface area (Å²) in [6.45, 7) is 1.63. The summed E-state index contributed by atoms with van der Waals surface area (Å²) < 4.78 is 1.55. The Hall–Kier alpha value is -1.76. The topological polar surface area (TPSA) is 70.4 Å². The first-order valence-electron chi connectivity index (χ1n) is 6.58. The Balaban J connectivity index is 2.13. The highest BCUT2D eigenvalue weighted by Crippen LogP contribution is 2.24.